The van der Waals surface area contributed by atoms with Gasteiger partial charge in [0, 0.05) is 11.9 Å². The second-order valence-electron chi connectivity index (χ2n) is 5.07. The highest BCUT2D eigenvalue weighted by molar-refractivity contribution is 5.81. The van der Waals surface area contributed by atoms with Gasteiger partial charge >= 0.3 is 0 Å². The molecule has 1 heterocycles. The van der Waals surface area contributed by atoms with Gasteiger partial charge < -0.3 is 5.32 Å². The minimum absolute atomic E-state index is 0.670. The maximum Gasteiger partial charge on any atom is 0.0706 e. The molecule has 0 saturated carbocycles. The number of benzene rings is 1. The van der Waals surface area contributed by atoms with E-state index in [1.807, 2.05) is 0 Å². The van der Waals surface area contributed by atoms with Crippen molar-refractivity contribution in [3.05, 3.63) is 30.0 Å². The summed E-state index contributed by atoms with van der Waals surface area (Å²) in [5.41, 5.74) is 2.51. The molecule has 0 fully saturated rings. The Balaban J connectivity index is 2.24. The highest BCUT2D eigenvalue weighted by atomic mass is 15.3. The molecule has 1 aromatic carbocycles. The van der Waals surface area contributed by atoms with E-state index in [0.717, 1.165) is 26.1 Å². The highest BCUT2D eigenvalue weighted by Crippen LogP contribution is 2.21. The molecule has 0 aliphatic carbocycles. The Labute approximate surface area is 116 Å². The van der Waals surface area contributed by atoms with Gasteiger partial charge in [0.2, 0.25) is 0 Å². The number of nitrogens with one attached hydrogen (secondary N) is 1. The zero-order valence-electron chi connectivity index (χ0n) is 12.3. The van der Waals surface area contributed by atoms with Gasteiger partial charge in [-0.25, -0.2) is 0 Å². The normalized spacial score (nSPS) is 13.0. The van der Waals surface area contributed by atoms with Crippen LogP contribution in [0.3, 0.4) is 0 Å². The fraction of sp³-hybridized carbons (Fsp3) is 0.562. The Morgan fingerprint density at radius 2 is 2.00 bits per heavy atom. The molecule has 0 spiro atoms. The van der Waals surface area contributed by atoms with Crippen molar-refractivity contribution >= 4 is 10.9 Å². The Morgan fingerprint density at radius 1 is 1.21 bits per heavy atom. The number of rotatable bonds is 7. The summed E-state index contributed by atoms with van der Waals surface area (Å²) in [4.78, 5) is 0. The van der Waals surface area contributed by atoms with Gasteiger partial charge in [-0.3, -0.25) is 4.68 Å². The lowest BCUT2D eigenvalue weighted by Crippen LogP contribution is -2.23. The molecule has 3 heteroatoms. The lowest BCUT2D eigenvalue weighted by Gasteiger charge is -2.13. The van der Waals surface area contributed by atoms with Crippen molar-refractivity contribution in [3.8, 4) is 0 Å². The fourth-order valence-electron chi connectivity index (χ4n) is 2.57. The van der Waals surface area contributed by atoms with Crippen LogP contribution in [0.5, 0.6) is 0 Å². The van der Waals surface area contributed by atoms with Crippen molar-refractivity contribution in [2.24, 2.45) is 5.92 Å². The zero-order valence-corrected chi connectivity index (χ0v) is 12.3. The standard InChI is InChI=1S/C16H25N3/c1-4-13(12-17-5-2)11-15-14-9-7-8-10-16(14)19(6-3)18-15/h7-10,13,17H,4-6,11-12H2,1-3H3. The molecular weight excluding hydrogens is 234 g/mol. The van der Waals surface area contributed by atoms with E-state index < -0.39 is 0 Å². The third-order valence-corrected chi connectivity index (χ3v) is 3.78. The van der Waals surface area contributed by atoms with Gasteiger partial charge in [0.05, 0.1) is 11.2 Å². The minimum atomic E-state index is 0.670. The van der Waals surface area contributed by atoms with Crippen molar-refractivity contribution < 1.29 is 0 Å². The largest absolute Gasteiger partial charge is 0.317 e. The molecule has 0 amide bonds. The summed E-state index contributed by atoms with van der Waals surface area (Å²) in [6, 6.07) is 8.57. The van der Waals surface area contributed by atoms with Crippen LogP contribution < -0.4 is 5.32 Å². The molecule has 3 nitrogen and oxygen atoms in total. The number of aromatic nitrogens is 2. The number of para-hydroxylation sites is 1. The topological polar surface area (TPSA) is 29.9 Å². The van der Waals surface area contributed by atoms with Crippen molar-refractivity contribution in [2.75, 3.05) is 13.1 Å². The molecule has 1 unspecified atom stereocenters. The predicted octanol–water partition coefficient (Wildman–Crippen LogP) is 3.23. The molecule has 0 bridgehead atoms. The molecule has 2 aromatic rings. The summed E-state index contributed by atoms with van der Waals surface area (Å²) in [7, 11) is 0. The number of fused-ring (bicyclic) bond motifs is 1. The third kappa shape index (κ3) is 3.16. The maximum atomic E-state index is 4.79. The van der Waals surface area contributed by atoms with Crippen LogP contribution in [0, 0.1) is 5.92 Å². The van der Waals surface area contributed by atoms with E-state index in [4.69, 9.17) is 5.10 Å². The van der Waals surface area contributed by atoms with Gasteiger partial charge in [0.15, 0.2) is 0 Å². The molecule has 104 valence electrons. The second kappa shape index (κ2) is 6.71. The summed E-state index contributed by atoms with van der Waals surface area (Å²) < 4.78 is 2.12. The van der Waals surface area contributed by atoms with Gasteiger partial charge in [0.1, 0.15) is 0 Å². The van der Waals surface area contributed by atoms with Crippen LogP contribution in [0.2, 0.25) is 0 Å². The van der Waals surface area contributed by atoms with Crippen LogP contribution in [0.4, 0.5) is 0 Å². The fourth-order valence-corrected chi connectivity index (χ4v) is 2.57. The third-order valence-electron chi connectivity index (χ3n) is 3.78. The van der Waals surface area contributed by atoms with Crippen LogP contribution >= 0.6 is 0 Å². The Hall–Kier alpha value is -1.35. The summed E-state index contributed by atoms with van der Waals surface area (Å²) in [5, 5.41) is 9.57. The predicted molar refractivity (Wildman–Crippen MR) is 81.4 cm³/mol. The SMILES string of the molecule is CCNCC(CC)Cc1nn(CC)c2ccccc12. The molecule has 2 rings (SSSR count). The molecular formula is C16H25N3. The lowest BCUT2D eigenvalue weighted by molar-refractivity contribution is 0.461. The maximum absolute atomic E-state index is 4.79. The van der Waals surface area contributed by atoms with E-state index in [0.29, 0.717) is 5.92 Å². The first-order chi connectivity index (χ1) is 9.30. The van der Waals surface area contributed by atoms with E-state index in [-0.39, 0.29) is 0 Å². The molecule has 1 atom stereocenters. The van der Waals surface area contributed by atoms with Crippen molar-refractivity contribution in [1.29, 1.82) is 0 Å². The number of aryl methyl sites for hydroxylation is 1. The molecule has 0 saturated heterocycles. The van der Waals surface area contributed by atoms with Crippen LogP contribution in [-0.2, 0) is 13.0 Å². The quantitative estimate of drug-likeness (QED) is 0.827. The van der Waals surface area contributed by atoms with Gasteiger partial charge in [-0.1, -0.05) is 38.5 Å². The first-order valence-corrected chi connectivity index (χ1v) is 7.45. The summed E-state index contributed by atoms with van der Waals surface area (Å²) >= 11 is 0. The van der Waals surface area contributed by atoms with E-state index in [2.05, 4.69) is 55.0 Å². The van der Waals surface area contributed by atoms with Gasteiger partial charge in [-0.2, -0.15) is 5.10 Å². The van der Waals surface area contributed by atoms with Crippen LogP contribution in [0.15, 0.2) is 24.3 Å². The van der Waals surface area contributed by atoms with Crippen molar-refractivity contribution in [3.63, 3.8) is 0 Å². The number of hydrogen-bond donors (Lipinski definition) is 1. The van der Waals surface area contributed by atoms with Gasteiger partial charge in [-0.15, -0.1) is 0 Å². The average molecular weight is 259 g/mol. The van der Waals surface area contributed by atoms with Crippen molar-refractivity contribution in [2.45, 2.75) is 40.2 Å². The smallest absolute Gasteiger partial charge is 0.0706 e. The number of nitrogens with zero attached hydrogens (tertiary/aromatic N) is 2. The average Bonchev–Trinajstić information content (AvgIpc) is 2.81. The molecule has 0 radical (unpaired) electrons. The monoisotopic (exact) mass is 259 g/mol. The Bertz CT molecular complexity index is 516. The summed E-state index contributed by atoms with van der Waals surface area (Å²) in [6.45, 7) is 9.64. The Morgan fingerprint density at radius 3 is 2.68 bits per heavy atom. The summed E-state index contributed by atoms with van der Waals surface area (Å²) in [6.07, 6.45) is 2.26. The Kier molecular flexibility index (Phi) is 4.97. The molecule has 1 N–H and O–H groups in total. The van der Waals surface area contributed by atoms with E-state index >= 15 is 0 Å². The van der Waals surface area contributed by atoms with Gasteiger partial charge in [0.25, 0.3) is 0 Å². The van der Waals surface area contributed by atoms with E-state index in [9.17, 15) is 0 Å². The number of hydrogen-bond acceptors (Lipinski definition) is 2. The van der Waals surface area contributed by atoms with E-state index in [1.165, 1.54) is 23.0 Å². The molecule has 19 heavy (non-hydrogen) atoms. The van der Waals surface area contributed by atoms with E-state index in [1.54, 1.807) is 0 Å². The highest BCUT2D eigenvalue weighted by Gasteiger charge is 2.13. The molecule has 0 aliphatic heterocycles. The lowest BCUT2D eigenvalue weighted by atomic mass is 9.98. The first-order valence-electron chi connectivity index (χ1n) is 7.45. The zero-order chi connectivity index (χ0) is 13.7. The molecule has 1 aromatic heterocycles. The first kappa shape index (κ1) is 14.1. The second-order valence-corrected chi connectivity index (χ2v) is 5.07. The van der Waals surface area contributed by atoms with Crippen LogP contribution in [0.25, 0.3) is 10.9 Å². The molecule has 0 aliphatic rings. The van der Waals surface area contributed by atoms with Crippen LogP contribution in [0.1, 0.15) is 32.9 Å². The minimum Gasteiger partial charge on any atom is -0.317 e. The summed E-state index contributed by atoms with van der Waals surface area (Å²) in [5.74, 6) is 0.670. The van der Waals surface area contributed by atoms with Crippen molar-refractivity contribution in [1.82, 2.24) is 15.1 Å². The van der Waals surface area contributed by atoms with Gasteiger partial charge in [-0.05, 0) is 38.4 Å². The van der Waals surface area contributed by atoms with Crippen LogP contribution in [-0.4, -0.2) is 22.9 Å².